The normalized spacial score (nSPS) is 15.2. The molecule has 1 aromatic heterocycles. The molecular formula is C26H30FN3O3. The Bertz CT molecular complexity index is 1060. The zero-order chi connectivity index (χ0) is 23.0. The first-order valence-electron chi connectivity index (χ1n) is 11.5. The average Bonchev–Trinajstić information content (AvgIpc) is 3.33. The highest BCUT2D eigenvalue weighted by molar-refractivity contribution is 5.76. The van der Waals surface area contributed by atoms with Gasteiger partial charge in [0.05, 0.1) is 24.9 Å². The minimum absolute atomic E-state index is 0.0554. The Morgan fingerprint density at radius 1 is 1.15 bits per heavy atom. The van der Waals surface area contributed by atoms with E-state index >= 15 is 0 Å². The molecule has 174 valence electrons. The average molecular weight is 452 g/mol. The lowest BCUT2D eigenvalue weighted by Gasteiger charge is -2.35. The van der Waals surface area contributed by atoms with Gasteiger partial charge in [0.2, 0.25) is 5.91 Å². The number of halogens is 1. The molecule has 1 unspecified atom stereocenters. The number of para-hydroxylation sites is 1. The maximum absolute atomic E-state index is 14.0. The molecule has 2 aromatic carbocycles. The third-order valence-electron chi connectivity index (χ3n) is 6.08. The van der Waals surface area contributed by atoms with Crippen LogP contribution in [0.15, 0.2) is 59.1 Å². The van der Waals surface area contributed by atoms with Crippen LogP contribution >= 0.6 is 0 Å². The lowest BCUT2D eigenvalue weighted by molar-refractivity contribution is -0.121. The molecule has 2 heterocycles. The fourth-order valence-electron chi connectivity index (χ4n) is 4.34. The van der Waals surface area contributed by atoms with Gasteiger partial charge >= 0.3 is 0 Å². The number of rotatable bonds is 9. The second kappa shape index (κ2) is 11.1. The van der Waals surface area contributed by atoms with E-state index in [0.29, 0.717) is 30.2 Å². The van der Waals surface area contributed by atoms with Crippen molar-refractivity contribution in [2.45, 2.75) is 38.1 Å². The molecule has 1 atom stereocenters. The van der Waals surface area contributed by atoms with Gasteiger partial charge < -0.3 is 14.5 Å². The van der Waals surface area contributed by atoms with E-state index in [1.54, 1.807) is 25.3 Å². The monoisotopic (exact) mass is 451 g/mol. The molecule has 3 aromatic rings. The highest BCUT2D eigenvalue weighted by Gasteiger charge is 2.25. The number of likely N-dealkylation sites (tertiary alicyclic amines) is 1. The molecule has 6 nitrogen and oxygen atoms in total. The fourth-order valence-corrected chi connectivity index (χ4v) is 4.34. The first-order chi connectivity index (χ1) is 16.2. The van der Waals surface area contributed by atoms with Crippen LogP contribution in [-0.2, 0) is 11.2 Å². The Morgan fingerprint density at radius 3 is 2.70 bits per heavy atom. The molecule has 1 fully saturated rings. The number of aryl methyl sites for hydroxylation is 1. The number of nitrogens with zero attached hydrogens (tertiary/aromatic N) is 2. The molecule has 4 rings (SSSR count). The van der Waals surface area contributed by atoms with Crippen LogP contribution < -0.4 is 10.1 Å². The Balaban J connectivity index is 1.36. The molecule has 0 saturated carbocycles. The minimum Gasteiger partial charge on any atom is -0.496 e. The fraction of sp³-hybridized carbons (Fsp3) is 0.385. The molecule has 1 aliphatic heterocycles. The number of benzene rings is 2. The summed E-state index contributed by atoms with van der Waals surface area (Å²) in [6.07, 6.45) is 5.66. The van der Waals surface area contributed by atoms with Crippen molar-refractivity contribution in [1.29, 1.82) is 0 Å². The van der Waals surface area contributed by atoms with Crippen molar-refractivity contribution in [3.8, 4) is 17.1 Å². The molecule has 0 radical (unpaired) electrons. The number of amides is 1. The van der Waals surface area contributed by atoms with E-state index in [4.69, 9.17) is 9.15 Å². The summed E-state index contributed by atoms with van der Waals surface area (Å²) in [7, 11) is 1.68. The van der Waals surface area contributed by atoms with Gasteiger partial charge in [-0.1, -0.05) is 36.8 Å². The quantitative estimate of drug-likeness (QED) is 0.508. The molecule has 0 aliphatic carbocycles. The largest absolute Gasteiger partial charge is 0.496 e. The van der Waals surface area contributed by atoms with Crippen LogP contribution in [0.3, 0.4) is 0 Å². The van der Waals surface area contributed by atoms with Crippen molar-refractivity contribution in [2.75, 3.05) is 26.7 Å². The van der Waals surface area contributed by atoms with Crippen LogP contribution in [0.1, 0.15) is 43.2 Å². The predicted octanol–water partition coefficient (Wildman–Crippen LogP) is 4.77. The van der Waals surface area contributed by atoms with Crippen molar-refractivity contribution in [3.05, 3.63) is 72.0 Å². The number of ether oxygens (including phenoxy) is 1. The number of nitrogens with one attached hydrogen (secondary N) is 1. The summed E-state index contributed by atoms with van der Waals surface area (Å²) in [5, 5.41) is 3.08. The van der Waals surface area contributed by atoms with E-state index in [1.165, 1.54) is 18.7 Å². The van der Waals surface area contributed by atoms with Gasteiger partial charge in [-0.25, -0.2) is 9.37 Å². The highest BCUT2D eigenvalue weighted by atomic mass is 19.1. The second-order valence-corrected chi connectivity index (χ2v) is 8.26. The molecule has 1 N–H and O–H groups in total. The molecule has 1 aliphatic rings. The summed E-state index contributed by atoms with van der Waals surface area (Å²) in [6.45, 7) is 2.52. The summed E-state index contributed by atoms with van der Waals surface area (Å²) < 4.78 is 25.2. The van der Waals surface area contributed by atoms with Crippen molar-refractivity contribution >= 4 is 5.91 Å². The van der Waals surface area contributed by atoms with E-state index in [1.807, 2.05) is 18.2 Å². The third kappa shape index (κ3) is 5.79. The van der Waals surface area contributed by atoms with Crippen LogP contribution in [0.4, 0.5) is 4.39 Å². The van der Waals surface area contributed by atoms with Crippen LogP contribution in [0, 0.1) is 5.82 Å². The van der Waals surface area contributed by atoms with E-state index in [9.17, 15) is 9.18 Å². The number of hydrogen-bond acceptors (Lipinski definition) is 5. The molecule has 7 heteroatoms. The number of carbonyl (C=O) groups is 1. The summed E-state index contributed by atoms with van der Waals surface area (Å²) >= 11 is 0. The zero-order valence-corrected chi connectivity index (χ0v) is 18.9. The van der Waals surface area contributed by atoms with E-state index in [-0.39, 0.29) is 24.2 Å². The van der Waals surface area contributed by atoms with Gasteiger partial charge in [0, 0.05) is 24.9 Å². The van der Waals surface area contributed by atoms with Gasteiger partial charge in [-0.3, -0.25) is 9.69 Å². The minimum atomic E-state index is -0.363. The molecule has 0 bridgehead atoms. The van der Waals surface area contributed by atoms with Crippen molar-refractivity contribution in [3.63, 3.8) is 0 Å². The Hall–Kier alpha value is -3.19. The Morgan fingerprint density at radius 2 is 1.91 bits per heavy atom. The molecule has 0 spiro atoms. The van der Waals surface area contributed by atoms with Crippen LogP contribution in [0.5, 0.6) is 5.75 Å². The third-order valence-corrected chi connectivity index (χ3v) is 6.08. The van der Waals surface area contributed by atoms with E-state index < -0.39 is 0 Å². The lowest BCUT2D eigenvalue weighted by Crippen LogP contribution is -2.40. The summed E-state index contributed by atoms with van der Waals surface area (Å²) in [4.78, 5) is 19.3. The van der Waals surface area contributed by atoms with E-state index in [2.05, 4.69) is 21.3 Å². The summed E-state index contributed by atoms with van der Waals surface area (Å²) in [5.41, 5.74) is 1.45. The number of carbonyl (C=O) groups excluding carboxylic acids is 1. The highest BCUT2D eigenvalue weighted by Crippen LogP contribution is 2.31. The number of hydrogen-bond donors (Lipinski definition) is 1. The molecule has 1 saturated heterocycles. The standard InChI is InChI=1S/C26H30FN3O3/c1-32-23-12-6-4-10-20(23)22(30-15-7-2-8-16-30)17-28-25(31)13-14-26-29-18-24(33-26)19-9-3-5-11-21(19)27/h3-6,9-12,18,22H,2,7-8,13-17H2,1H3,(H,28,31). The van der Waals surface area contributed by atoms with Gasteiger partial charge in [-0.2, -0.15) is 0 Å². The lowest BCUT2D eigenvalue weighted by atomic mass is 10.0. The Labute approximate surface area is 193 Å². The number of aromatic nitrogens is 1. The van der Waals surface area contributed by atoms with Crippen molar-refractivity contribution < 1.29 is 18.3 Å². The van der Waals surface area contributed by atoms with Crippen LogP contribution in [0.2, 0.25) is 0 Å². The first-order valence-corrected chi connectivity index (χ1v) is 11.5. The van der Waals surface area contributed by atoms with Gasteiger partial charge in [-0.05, 0) is 44.1 Å². The van der Waals surface area contributed by atoms with Crippen molar-refractivity contribution in [1.82, 2.24) is 15.2 Å². The number of piperidine rings is 1. The smallest absolute Gasteiger partial charge is 0.220 e. The predicted molar refractivity (Wildman–Crippen MR) is 124 cm³/mol. The molecule has 33 heavy (non-hydrogen) atoms. The number of methoxy groups -OCH3 is 1. The van der Waals surface area contributed by atoms with Crippen LogP contribution in [0.25, 0.3) is 11.3 Å². The van der Waals surface area contributed by atoms with Gasteiger partial charge in [0.1, 0.15) is 11.6 Å². The molecular weight excluding hydrogens is 421 g/mol. The topological polar surface area (TPSA) is 67.6 Å². The van der Waals surface area contributed by atoms with Crippen LogP contribution in [-0.4, -0.2) is 42.5 Å². The molecule has 1 amide bonds. The SMILES string of the molecule is COc1ccccc1C(CNC(=O)CCc1ncc(-c2ccccc2F)o1)N1CCCCC1. The first kappa shape index (κ1) is 23.0. The summed E-state index contributed by atoms with van der Waals surface area (Å²) in [5.74, 6) is 1.18. The van der Waals surface area contributed by atoms with Crippen molar-refractivity contribution in [2.24, 2.45) is 0 Å². The van der Waals surface area contributed by atoms with Gasteiger partial charge in [-0.15, -0.1) is 0 Å². The zero-order valence-electron chi connectivity index (χ0n) is 18.9. The maximum atomic E-state index is 14.0. The Kier molecular flexibility index (Phi) is 7.73. The van der Waals surface area contributed by atoms with E-state index in [0.717, 1.165) is 37.2 Å². The summed E-state index contributed by atoms with van der Waals surface area (Å²) in [6, 6.07) is 14.4. The van der Waals surface area contributed by atoms with Gasteiger partial charge in [0.15, 0.2) is 11.7 Å². The maximum Gasteiger partial charge on any atom is 0.220 e. The van der Waals surface area contributed by atoms with Gasteiger partial charge in [0.25, 0.3) is 0 Å². The number of oxazole rings is 1. The second-order valence-electron chi connectivity index (χ2n) is 8.26.